The number of aromatic carboxylic acids is 1. The summed E-state index contributed by atoms with van der Waals surface area (Å²) in [4.78, 5) is 25.3. The molecule has 0 aromatic heterocycles. The van der Waals surface area contributed by atoms with Gasteiger partial charge in [0, 0.05) is 12.1 Å². The molecule has 3 rings (SSSR count). The average Bonchev–Trinajstić information content (AvgIpc) is 3.29. The Kier molecular flexibility index (Phi) is 3.43. The summed E-state index contributed by atoms with van der Waals surface area (Å²) in [6.07, 6.45) is 4.19. The third kappa shape index (κ3) is 2.77. The van der Waals surface area contributed by atoms with Crippen LogP contribution >= 0.6 is 0 Å². The van der Waals surface area contributed by atoms with Crippen molar-refractivity contribution in [2.45, 2.75) is 44.7 Å². The van der Waals surface area contributed by atoms with Crippen LogP contribution in [0.5, 0.6) is 0 Å². The number of benzene rings is 1. The van der Waals surface area contributed by atoms with Crippen LogP contribution in [-0.4, -0.2) is 34.0 Å². The molecule has 0 radical (unpaired) electrons. The molecule has 5 heteroatoms. The van der Waals surface area contributed by atoms with Crippen LogP contribution in [-0.2, 0) is 0 Å². The minimum atomic E-state index is -1.20. The molecule has 0 heterocycles. The topological polar surface area (TPSA) is 57.6 Å². The van der Waals surface area contributed by atoms with E-state index in [1.54, 1.807) is 4.90 Å². The van der Waals surface area contributed by atoms with Crippen LogP contribution in [0.15, 0.2) is 18.2 Å². The SMILES string of the molecule is CC(C1CC1)N(C(=O)c1ccc(C(=O)O)cc1F)C1CC1. The van der Waals surface area contributed by atoms with Crippen molar-refractivity contribution in [2.75, 3.05) is 0 Å². The molecule has 1 amide bonds. The Bertz CT molecular complexity index is 593. The molecule has 0 spiro atoms. The van der Waals surface area contributed by atoms with E-state index >= 15 is 0 Å². The highest BCUT2D eigenvalue weighted by atomic mass is 19.1. The Morgan fingerprint density at radius 2 is 1.95 bits per heavy atom. The van der Waals surface area contributed by atoms with Gasteiger partial charge in [-0.2, -0.15) is 0 Å². The molecule has 2 aliphatic carbocycles. The molecule has 2 saturated carbocycles. The quantitative estimate of drug-likeness (QED) is 0.907. The van der Waals surface area contributed by atoms with E-state index in [1.807, 2.05) is 6.92 Å². The molecule has 2 fully saturated rings. The normalized spacial score (nSPS) is 19.1. The monoisotopic (exact) mass is 291 g/mol. The van der Waals surface area contributed by atoms with Gasteiger partial charge in [-0.1, -0.05) is 0 Å². The summed E-state index contributed by atoms with van der Waals surface area (Å²) >= 11 is 0. The van der Waals surface area contributed by atoms with E-state index in [0.29, 0.717) is 5.92 Å². The molecule has 4 nitrogen and oxygen atoms in total. The average molecular weight is 291 g/mol. The molecule has 1 atom stereocenters. The molecule has 112 valence electrons. The van der Waals surface area contributed by atoms with Crippen LogP contribution in [0.2, 0.25) is 0 Å². The summed E-state index contributed by atoms with van der Waals surface area (Å²) in [5.41, 5.74) is -0.170. The third-order valence-corrected chi connectivity index (χ3v) is 4.36. The van der Waals surface area contributed by atoms with Crippen LogP contribution in [0.3, 0.4) is 0 Å². The number of halogens is 1. The highest BCUT2D eigenvalue weighted by Crippen LogP contribution is 2.40. The lowest BCUT2D eigenvalue weighted by Crippen LogP contribution is -2.42. The summed E-state index contributed by atoms with van der Waals surface area (Å²) in [5, 5.41) is 8.85. The van der Waals surface area contributed by atoms with E-state index in [4.69, 9.17) is 5.11 Å². The predicted octanol–water partition coefficient (Wildman–Crippen LogP) is 2.93. The predicted molar refractivity (Wildman–Crippen MR) is 74.7 cm³/mol. The number of carboxylic acids is 1. The van der Waals surface area contributed by atoms with Gasteiger partial charge in [-0.3, -0.25) is 4.79 Å². The van der Waals surface area contributed by atoms with E-state index in [0.717, 1.165) is 31.7 Å². The van der Waals surface area contributed by atoms with Gasteiger partial charge >= 0.3 is 5.97 Å². The number of rotatable bonds is 5. The van der Waals surface area contributed by atoms with Gasteiger partial charge in [0.05, 0.1) is 11.1 Å². The lowest BCUT2D eigenvalue weighted by Gasteiger charge is -2.29. The Morgan fingerprint density at radius 3 is 2.43 bits per heavy atom. The Balaban J connectivity index is 1.87. The van der Waals surface area contributed by atoms with Gasteiger partial charge in [-0.05, 0) is 56.7 Å². The highest BCUT2D eigenvalue weighted by molar-refractivity contribution is 5.96. The second-order valence-electron chi connectivity index (χ2n) is 6.02. The van der Waals surface area contributed by atoms with Gasteiger partial charge in [0.2, 0.25) is 0 Å². The van der Waals surface area contributed by atoms with Crippen LogP contribution in [0, 0.1) is 11.7 Å². The summed E-state index contributed by atoms with van der Waals surface area (Å²) in [7, 11) is 0. The first-order chi connectivity index (χ1) is 9.99. The Labute approximate surface area is 122 Å². The molecule has 0 aliphatic heterocycles. The Morgan fingerprint density at radius 1 is 1.29 bits per heavy atom. The first-order valence-electron chi connectivity index (χ1n) is 7.34. The molecule has 21 heavy (non-hydrogen) atoms. The van der Waals surface area contributed by atoms with Crippen molar-refractivity contribution in [1.82, 2.24) is 4.90 Å². The number of amides is 1. The molecule has 1 unspecified atom stereocenters. The van der Waals surface area contributed by atoms with Gasteiger partial charge in [0.25, 0.3) is 5.91 Å². The van der Waals surface area contributed by atoms with Crippen LogP contribution in [0.1, 0.15) is 53.3 Å². The Hall–Kier alpha value is -1.91. The van der Waals surface area contributed by atoms with Crippen LogP contribution in [0.25, 0.3) is 0 Å². The number of hydrogen-bond donors (Lipinski definition) is 1. The summed E-state index contributed by atoms with van der Waals surface area (Å²) in [5.74, 6) is -1.74. The summed E-state index contributed by atoms with van der Waals surface area (Å²) < 4.78 is 14.1. The van der Waals surface area contributed by atoms with Gasteiger partial charge < -0.3 is 10.0 Å². The maximum atomic E-state index is 14.1. The standard InChI is InChI=1S/C16H18FNO3/c1-9(10-2-3-10)18(12-5-6-12)15(19)13-7-4-11(16(20)21)8-14(13)17/h4,7-10,12H,2-3,5-6H2,1H3,(H,20,21). The second kappa shape index (κ2) is 5.13. The second-order valence-corrected chi connectivity index (χ2v) is 6.02. The fraction of sp³-hybridized carbons (Fsp3) is 0.500. The molecular weight excluding hydrogens is 273 g/mol. The molecule has 1 aromatic rings. The molecular formula is C16H18FNO3. The summed E-state index contributed by atoms with van der Waals surface area (Å²) in [6, 6.07) is 3.83. The fourth-order valence-corrected chi connectivity index (χ4v) is 2.80. The zero-order valence-electron chi connectivity index (χ0n) is 11.9. The van der Waals surface area contributed by atoms with Gasteiger partial charge in [-0.25, -0.2) is 9.18 Å². The van der Waals surface area contributed by atoms with Crippen molar-refractivity contribution in [3.63, 3.8) is 0 Å². The fourth-order valence-electron chi connectivity index (χ4n) is 2.80. The molecule has 0 bridgehead atoms. The third-order valence-electron chi connectivity index (χ3n) is 4.36. The first-order valence-corrected chi connectivity index (χ1v) is 7.34. The first kappa shape index (κ1) is 14.0. The number of carboxylic acid groups (broad SMARTS) is 1. The number of hydrogen-bond acceptors (Lipinski definition) is 2. The molecule has 1 N–H and O–H groups in total. The number of nitrogens with zero attached hydrogens (tertiary/aromatic N) is 1. The molecule has 1 aromatic carbocycles. The van der Waals surface area contributed by atoms with E-state index < -0.39 is 11.8 Å². The maximum Gasteiger partial charge on any atom is 0.335 e. The van der Waals surface area contributed by atoms with Gasteiger partial charge in [0.1, 0.15) is 5.82 Å². The zero-order valence-corrected chi connectivity index (χ0v) is 11.9. The van der Waals surface area contributed by atoms with Crippen molar-refractivity contribution < 1.29 is 19.1 Å². The van der Waals surface area contributed by atoms with E-state index in [1.165, 1.54) is 12.1 Å². The highest BCUT2D eigenvalue weighted by Gasteiger charge is 2.42. The lowest BCUT2D eigenvalue weighted by atomic mass is 10.1. The van der Waals surface area contributed by atoms with Gasteiger partial charge in [-0.15, -0.1) is 0 Å². The van der Waals surface area contributed by atoms with Crippen molar-refractivity contribution in [3.8, 4) is 0 Å². The molecule has 2 aliphatic rings. The van der Waals surface area contributed by atoms with Crippen LogP contribution < -0.4 is 0 Å². The van der Waals surface area contributed by atoms with Crippen molar-refractivity contribution in [3.05, 3.63) is 35.1 Å². The van der Waals surface area contributed by atoms with E-state index in [-0.39, 0.29) is 29.1 Å². The lowest BCUT2D eigenvalue weighted by molar-refractivity contribution is 0.0644. The van der Waals surface area contributed by atoms with Crippen molar-refractivity contribution in [2.24, 2.45) is 5.92 Å². The largest absolute Gasteiger partial charge is 0.478 e. The van der Waals surface area contributed by atoms with E-state index in [9.17, 15) is 14.0 Å². The van der Waals surface area contributed by atoms with Crippen LogP contribution in [0.4, 0.5) is 4.39 Å². The smallest absolute Gasteiger partial charge is 0.335 e. The summed E-state index contributed by atoms with van der Waals surface area (Å²) in [6.45, 7) is 2.03. The molecule has 0 saturated heterocycles. The number of carbonyl (C=O) groups excluding carboxylic acids is 1. The minimum Gasteiger partial charge on any atom is -0.478 e. The van der Waals surface area contributed by atoms with Crippen molar-refractivity contribution in [1.29, 1.82) is 0 Å². The maximum absolute atomic E-state index is 14.1. The number of carbonyl (C=O) groups is 2. The van der Waals surface area contributed by atoms with E-state index in [2.05, 4.69) is 0 Å². The zero-order chi connectivity index (χ0) is 15.1. The minimum absolute atomic E-state index is 0.0283. The van der Waals surface area contributed by atoms with Gasteiger partial charge in [0.15, 0.2) is 0 Å². The van der Waals surface area contributed by atoms with Crippen molar-refractivity contribution >= 4 is 11.9 Å².